The van der Waals surface area contributed by atoms with Crippen LogP contribution in [0.15, 0.2) is 65.6 Å². The van der Waals surface area contributed by atoms with Gasteiger partial charge in [0.2, 0.25) is 5.91 Å². The summed E-state index contributed by atoms with van der Waals surface area (Å²) >= 11 is 5.90. The lowest BCUT2D eigenvalue weighted by Crippen LogP contribution is -2.40. The minimum absolute atomic E-state index is 0.0192. The molecule has 35 heavy (non-hydrogen) atoms. The maximum atomic E-state index is 13.8. The third-order valence-electron chi connectivity index (χ3n) is 5.07. The van der Waals surface area contributed by atoms with Crippen molar-refractivity contribution in [1.82, 2.24) is 5.32 Å². The lowest BCUT2D eigenvalue weighted by atomic mass is 10.2. The van der Waals surface area contributed by atoms with Gasteiger partial charge in [0, 0.05) is 12.6 Å². The second-order valence-corrected chi connectivity index (χ2v) is 9.52. The van der Waals surface area contributed by atoms with E-state index in [1.807, 2.05) is 0 Å². The first-order chi connectivity index (χ1) is 16.7. The number of anilines is 1. The Hall–Kier alpha value is -3.50. The zero-order chi connectivity index (χ0) is 25.6. The summed E-state index contributed by atoms with van der Waals surface area (Å²) in [5, 5.41) is 2.41. The van der Waals surface area contributed by atoms with E-state index in [0.717, 1.165) is 22.0 Å². The fourth-order valence-electron chi connectivity index (χ4n) is 3.19. The number of nitrogens with one attached hydrogen (secondary N) is 1. The van der Waals surface area contributed by atoms with Crippen molar-refractivity contribution in [2.45, 2.75) is 11.4 Å². The van der Waals surface area contributed by atoms with Crippen LogP contribution in [0.3, 0.4) is 0 Å². The van der Waals surface area contributed by atoms with Crippen LogP contribution in [-0.2, 0) is 21.4 Å². The molecule has 1 N–H and O–H groups in total. The molecule has 0 unspecified atom stereocenters. The number of sulfonamides is 1. The SMILES string of the molecule is COc1ccc(CNC(=O)CN(c2ccc(F)c(Cl)c2)S(=O)(=O)c2ccc(OC)c(OC)c2)cc1. The number of nitrogens with zero attached hydrogens (tertiary/aromatic N) is 1. The van der Waals surface area contributed by atoms with Crippen LogP contribution in [0.25, 0.3) is 0 Å². The number of ether oxygens (including phenoxy) is 3. The summed E-state index contributed by atoms with van der Waals surface area (Å²) in [7, 11) is 0.0545. The standard InChI is InChI=1S/C24H24ClFN2O6S/c1-32-18-7-4-16(5-8-18)14-27-24(29)15-28(17-6-10-21(26)20(25)12-17)35(30,31)19-9-11-22(33-2)23(13-19)34-3/h4-13H,14-15H2,1-3H3,(H,27,29). The second kappa shape index (κ2) is 11.3. The van der Waals surface area contributed by atoms with Gasteiger partial charge >= 0.3 is 0 Å². The van der Waals surface area contributed by atoms with E-state index in [-0.39, 0.29) is 27.9 Å². The van der Waals surface area contributed by atoms with E-state index in [1.165, 1.54) is 38.5 Å². The number of carbonyl (C=O) groups is 1. The van der Waals surface area contributed by atoms with Crippen LogP contribution >= 0.6 is 11.6 Å². The van der Waals surface area contributed by atoms with Gasteiger partial charge in [-0.2, -0.15) is 0 Å². The zero-order valence-electron chi connectivity index (χ0n) is 19.2. The highest BCUT2D eigenvalue weighted by Crippen LogP contribution is 2.33. The minimum atomic E-state index is -4.29. The number of hydrogen-bond donors (Lipinski definition) is 1. The van der Waals surface area contributed by atoms with Gasteiger partial charge in [0.15, 0.2) is 11.5 Å². The van der Waals surface area contributed by atoms with Crippen LogP contribution in [0.4, 0.5) is 10.1 Å². The Bertz CT molecular complexity index is 1300. The maximum absolute atomic E-state index is 13.8. The summed E-state index contributed by atoms with van der Waals surface area (Å²) in [5.74, 6) is -0.108. The highest BCUT2D eigenvalue weighted by Gasteiger charge is 2.29. The van der Waals surface area contributed by atoms with E-state index in [2.05, 4.69) is 5.32 Å². The molecule has 0 heterocycles. The highest BCUT2D eigenvalue weighted by molar-refractivity contribution is 7.92. The Morgan fingerprint density at radius 1 is 0.943 bits per heavy atom. The van der Waals surface area contributed by atoms with Crippen molar-refractivity contribution in [2.24, 2.45) is 0 Å². The van der Waals surface area contributed by atoms with Gasteiger partial charge in [-0.05, 0) is 48.0 Å². The second-order valence-electron chi connectivity index (χ2n) is 7.25. The molecule has 1 amide bonds. The Kier molecular flexibility index (Phi) is 8.42. The molecule has 0 saturated carbocycles. The van der Waals surface area contributed by atoms with Crippen molar-refractivity contribution in [1.29, 1.82) is 0 Å². The van der Waals surface area contributed by atoms with Crippen molar-refractivity contribution in [3.63, 3.8) is 0 Å². The van der Waals surface area contributed by atoms with Crippen LogP contribution in [0.2, 0.25) is 5.02 Å². The van der Waals surface area contributed by atoms with Crippen LogP contribution in [0, 0.1) is 5.82 Å². The van der Waals surface area contributed by atoms with Crippen molar-refractivity contribution in [2.75, 3.05) is 32.2 Å². The predicted molar refractivity (Wildman–Crippen MR) is 130 cm³/mol. The molecule has 3 aromatic carbocycles. The van der Waals surface area contributed by atoms with Gasteiger partial charge in [0.25, 0.3) is 10.0 Å². The number of methoxy groups -OCH3 is 3. The molecule has 0 saturated heterocycles. The molecule has 8 nitrogen and oxygen atoms in total. The largest absolute Gasteiger partial charge is 0.497 e. The lowest BCUT2D eigenvalue weighted by Gasteiger charge is -2.25. The smallest absolute Gasteiger partial charge is 0.264 e. The Balaban J connectivity index is 1.91. The minimum Gasteiger partial charge on any atom is -0.497 e. The van der Waals surface area contributed by atoms with Crippen molar-refractivity contribution < 1.29 is 31.8 Å². The third-order valence-corrected chi connectivity index (χ3v) is 7.13. The summed E-state index contributed by atoms with van der Waals surface area (Å²) in [6.07, 6.45) is 0. The monoisotopic (exact) mass is 522 g/mol. The molecule has 0 fully saturated rings. The van der Waals surface area contributed by atoms with E-state index in [0.29, 0.717) is 11.5 Å². The van der Waals surface area contributed by atoms with Gasteiger partial charge in [-0.1, -0.05) is 23.7 Å². The summed E-state index contributed by atoms with van der Waals surface area (Å²) < 4.78 is 57.3. The molecule has 0 radical (unpaired) electrons. The van der Waals surface area contributed by atoms with E-state index in [9.17, 15) is 17.6 Å². The first-order valence-corrected chi connectivity index (χ1v) is 12.1. The molecular weight excluding hydrogens is 499 g/mol. The van der Waals surface area contributed by atoms with E-state index >= 15 is 0 Å². The molecule has 0 aliphatic heterocycles. The molecule has 3 rings (SSSR count). The van der Waals surface area contributed by atoms with E-state index in [4.69, 9.17) is 25.8 Å². The number of benzene rings is 3. The van der Waals surface area contributed by atoms with Crippen molar-refractivity contribution >= 4 is 33.2 Å². The molecule has 3 aromatic rings. The number of halogens is 2. The van der Waals surface area contributed by atoms with Crippen LogP contribution in [-0.4, -0.2) is 42.2 Å². The van der Waals surface area contributed by atoms with Crippen LogP contribution < -0.4 is 23.8 Å². The molecule has 0 bridgehead atoms. The third kappa shape index (κ3) is 6.14. The Labute approximate surface area is 208 Å². The predicted octanol–water partition coefficient (Wildman–Crippen LogP) is 4.02. The van der Waals surface area contributed by atoms with Gasteiger partial charge in [-0.3, -0.25) is 9.10 Å². The topological polar surface area (TPSA) is 94.2 Å². The van der Waals surface area contributed by atoms with Gasteiger partial charge in [-0.25, -0.2) is 12.8 Å². The summed E-state index contributed by atoms with van der Waals surface area (Å²) in [5.41, 5.74) is 0.809. The summed E-state index contributed by atoms with van der Waals surface area (Å²) in [4.78, 5) is 12.6. The van der Waals surface area contributed by atoms with Crippen LogP contribution in [0.1, 0.15) is 5.56 Å². The molecule has 0 atom stereocenters. The molecule has 11 heteroatoms. The van der Waals surface area contributed by atoms with Crippen molar-refractivity contribution in [3.05, 3.63) is 77.1 Å². The maximum Gasteiger partial charge on any atom is 0.264 e. The lowest BCUT2D eigenvalue weighted by molar-refractivity contribution is -0.119. The van der Waals surface area contributed by atoms with E-state index < -0.39 is 28.3 Å². The quantitative estimate of drug-likeness (QED) is 0.432. The average molecular weight is 523 g/mol. The molecule has 0 aliphatic carbocycles. The highest BCUT2D eigenvalue weighted by atomic mass is 35.5. The molecule has 186 valence electrons. The average Bonchev–Trinajstić information content (AvgIpc) is 2.87. The fourth-order valence-corrected chi connectivity index (χ4v) is 4.79. The summed E-state index contributed by atoms with van der Waals surface area (Å²) in [6.45, 7) is -0.411. The van der Waals surface area contributed by atoms with Gasteiger partial charge in [-0.15, -0.1) is 0 Å². The number of rotatable bonds is 10. The first kappa shape index (κ1) is 26.1. The Morgan fingerprint density at radius 3 is 2.23 bits per heavy atom. The normalized spacial score (nSPS) is 11.0. The fraction of sp³-hybridized carbons (Fsp3) is 0.208. The molecule has 0 aliphatic rings. The molecular formula is C24H24ClFN2O6S. The number of carbonyl (C=O) groups excluding carboxylic acids is 1. The molecule has 0 spiro atoms. The van der Waals surface area contributed by atoms with Crippen molar-refractivity contribution in [3.8, 4) is 17.2 Å². The number of hydrogen-bond acceptors (Lipinski definition) is 6. The van der Waals surface area contributed by atoms with E-state index in [1.54, 1.807) is 31.4 Å². The summed E-state index contributed by atoms with van der Waals surface area (Å²) in [6, 6.07) is 14.5. The van der Waals surface area contributed by atoms with Crippen LogP contribution in [0.5, 0.6) is 17.2 Å². The van der Waals surface area contributed by atoms with Gasteiger partial charge in [0.05, 0.1) is 36.9 Å². The zero-order valence-corrected chi connectivity index (χ0v) is 20.8. The molecule has 0 aromatic heterocycles. The van der Waals surface area contributed by atoms with Gasteiger partial charge in [0.1, 0.15) is 18.1 Å². The van der Waals surface area contributed by atoms with Gasteiger partial charge < -0.3 is 19.5 Å². The first-order valence-electron chi connectivity index (χ1n) is 10.3. The Morgan fingerprint density at radius 2 is 1.63 bits per heavy atom. The number of amides is 1.